The summed E-state index contributed by atoms with van der Waals surface area (Å²) in [5.74, 6) is 1.58. The van der Waals surface area contributed by atoms with E-state index >= 15 is 0 Å². The van der Waals surface area contributed by atoms with Gasteiger partial charge in [0, 0.05) is 13.1 Å². The fourth-order valence-electron chi connectivity index (χ4n) is 2.78. The summed E-state index contributed by atoms with van der Waals surface area (Å²) < 4.78 is 10.8. The minimum atomic E-state index is 0.780. The lowest BCUT2D eigenvalue weighted by Gasteiger charge is -2.19. The van der Waals surface area contributed by atoms with E-state index in [4.69, 9.17) is 9.47 Å². The van der Waals surface area contributed by atoms with E-state index < -0.39 is 0 Å². The molecule has 1 aliphatic rings. The van der Waals surface area contributed by atoms with E-state index in [2.05, 4.69) is 59.6 Å². The van der Waals surface area contributed by atoms with Crippen molar-refractivity contribution >= 4 is 6.08 Å². The van der Waals surface area contributed by atoms with Crippen LogP contribution in [0, 0.1) is 0 Å². The van der Waals surface area contributed by atoms with Gasteiger partial charge in [0.1, 0.15) is 0 Å². The van der Waals surface area contributed by atoms with Crippen molar-refractivity contribution in [3.05, 3.63) is 65.4 Å². The summed E-state index contributed by atoms with van der Waals surface area (Å²) in [5.41, 5.74) is 3.82. The van der Waals surface area contributed by atoms with E-state index in [1.165, 1.54) is 16.7 Å². The zero-order valence-corrected chi connectivity index (χ0v) is 13.1. The second-order valence-electron chi connectivity index (χ2n) is 5.43. The Morgan fingerprint density at radius 2 is 1.73 bits per heavy atom. The SMILES string of the molecule is COc1cc2c(cc1OC)CCN(Cc1ccccc1)C=C2. The van der Waals surface area contributed by atoms with Gasteiger partial charge in [0.25, 0.3) is 0 Å². The van der Waals surface area contributed by atoms with Gasteiger partial charge in [-0.25, -0.2) is 0 Å². The molecule has 0 bridgehead atoms. The van der Waals surface area contributed by atoms with Gasteiger partial charge in [0.2, 0.25) is 0 Å². The topological polar surface area (TPSA) is 21.7 Å². The Morgan fingerprint density at radius 3 is 2.45 bits per heavy atom. The normalized spacial score (nSPS) is 13.5. The van der Waals surface area contributed by atoms with Crippen molar-refractivity contribution in [3.63, 3.8) is 0 Å². The first-order valence-corrected chi connectivity index (χ1v) is 7.51. The number of hydrogen-bond acceptors (Lipinski definition) is 3. The first-order valence-electron chi connectivity index (χ1n) is 7.51. The molecule has 0 N–H and O–H groups in total. The van der Waals surface area contributed by atoms with Crippen molar-refractivity contribution in [2.75, 3.05) is 20.8 Å². The van der Waals surface area contributed by atoms with Gasteiger partial charge in [-0.05, 0) is 47.5 Å². The van der Waals surface area contributed by atoms with Crippen molar-refractivity contribution < 1.29 is 9.47 Å². The molecule has 1 aliphatic heterocycles. The molecule has 0 saturated carbocycles. The number of hydrogen-bond donors (Lipinski definition) is 0. The third-order valence-electron chi connectivity index (χ3n) is 4.01. The fourth-order valence-corrected chi connectivity index (χ4v) is 2.78. The Bertz CT molecular complexity index is 665. The van der Waals surface area contributed by atoms with Gasteiger partial charge in [0.15, 0.2) is 11.5 Å². The number of benzene rings is 2. The van der Waals surface area contributed by atoms with Crippen LogP contribution in [-0.4, -0.2) is 25.7 Å². The Labute approximate surface area is 131 Å². The van der Waals surface area contributed by atoms with E-state index in [1.54, 1.807) is 14.2 Å². The van der Waals surface area contributed by atoms with Crippen LogP contribution < -0.4 is 9.47 Å². The van der Waals surface area contributed by atoms with Crippen LogP contribution in [0.3, 0.4) is 0 Å². The monoisotopic (exact) mass is 295 g/mol. The molecule has 1 heterocycles. The van der Waals surface area contributed by atoms with Crippen molar-refractivity contribution in [1.82, 2.24) is 4.90 Å². The molecular weight excluding hydrogens is 274 g/mol. The molecule has 0 spiro atoms. The maximum absolute atomic E-state index is 5.40. The van der Waals surface area contributed by atoms with Crippen molar-refractivity contribution in [2.45, 2.75) is 13.0 Å². The number of fused-ring (bicyclic) bond motifs is 1. The number of ether oxygens (including phenoxy) is 2. The lowest BCUT2D eigenvalue weighted by molar-refractivity contribution is 0.353. The quantitative estimate of drug-likeness (QED) is 0.858. The van der Waals surface area contributed by atoms with Gasteiger partial charge in [-0.2, -0.15) is 0 Å². The summed E-state index contributed by atoms with van der Waals surface area (Å²) in [4.78, 5) is 2.34. The highest BCUT2D eigenvalue weighted by Crippen LogP contribution is 2.32. The number of methoxy groups -OCH3 is 2. The van der Waals surface area contributed by atoms with Gasteiger partial charge < -0.3 is 14.4 Å². The molecule has 0 atom stereocenters. The highest BCUT2D eigenvalue weighted by atomic mass is 16.5. The molecule has 2 aromatic rings. The van der Waals surface area contributed by atoms with Crippen LogP contribution in [-0.2, 0) is 13.0 Å². The van der Waals surface area contributed by atoms with Crippen LogP contribution in [0.1, 0.15) is 16.7 Å². The minimum absolute atomic E-state index is 0.780. The van der Waals surface area contributed by atoms with Crippen LogP contribution in [0.5, 0.6) is 11.5 Å². The fraction of sp³-hybridized carbons (Fsp3) is 0.263. The second kappa shape index (κ2) is 6.56. The number of nitrogens with zero attached hydrogens (tertiary/aromatic N) is 1. The predicted molar refractivity (Wildman–Crippen MR) is 89.1 cm³/mol. The van der Waals surface area contributed by atoms with Crippen molar-refractivity contribution in [2.24, 2.45) is 0 Å². The first kappa shape index (κ1) is 14.5. The molecule has 3 heteroatoms. The average Bonchev–Trinajstić information content (AvgIpc) is 2.76. The molecule has 3 nitrogen and oxygen atoms in total. The van der Waals surface area contributed by atoms with Crippen LogP contribution >= 0.6 is 0 Å². The van der Waals surface area contributed by atoms with E-state index in [0.717, 1.165) is 31.0 Å². The van der Waals surface area contributed by atoms with Gasteiger partial charge in [-0.15, -0.1) is 0 Å². The molecule has 0 saturated heterocycles. The average molecular weight is 295 g/mol. The summed E-state index contributed by atoms with van der Waals surface area (Å²) in [7, 11) is 3.35. The lowest BCUT2D eigenvalue weighted by Crippen LogP contribution is -2.18. The van der Waals surface area contributed by atoms with Gasteiger partial charge in [-0.1, -0.05) is 30.3 Å². The maximum atomic E-state index is 5.40. The Kier molecular flexibility index (Phi) is 4.33. The van der Waals surface area contributed by atoms with E-state index in [9.17, 15) is 0 Å². The van der Waals surface area contributed by atoms with Gasteiger partial charge in [0.05, 0.1) is 14.2 Å². The molecule has 3 rings (SSSR count). The van der Waals surface area contributed by atoms with E-state index in [0.29, 0.717) is 0 Å². The van der Waals surface area contributed by atoms with Crippen molar-refractivity contribution in [3.8, 4) is 11.5 Å². The van der Waals surface area contributed by atoms with Crippen molar-refractivity contribution in [1.29, 1.82) is 0 Å². The smallest absolute Gasteiger partial charge is 0.161 e. The summed E-state index contributed by atoms with van der Waals surface area (Å²) in [6.07, 6.45) is 5.33. The molecule has 22 heavy (non-hydrogen) atoms. The lowest BCUT2D eigenvalue weighted by atomic mass is 10.0. The highest BCUT2D eigenvalue weighted by Gasteiger charge is 2.13. The third kappa shape index (κ3) is 3.08. The molecule has 0 aromatic heterocycles. The Hall–Kier alpha value is -2.42. The minimum Gasteiger partial charge on any atom is -0.493 e. The van der Waals surface area contributed by atoms with Crippen LogP contribution in [0.25, 0.3) is 6.08 Å². The molecular formula is C19H21NO2. The summed E-state index contributed by atoms with van der Waals surface area (Å²) in [5, 5.41) is 0. The highest BCUT2D eigenvalue weighted by molar-refractivity contribution is 5.61. The molecule has 2 aromatic carbocycles. The van der Waals surface area contributed by atoms with E-state index in [-0.39, 0.29) is 0 Å². The molecule has 0 aliphatic carbocycles. The van der Waals surface area contributed by atoms with Gasteiger partial charge >= 0.3 is 0 Å². The van der Waals surface area contributed by atoms with Crippen LogP contribution in [0.15, 0.2) is 48.7 Å². The molecule has 0 unspecified atom stereocenters. The summed E-state index contributed by atoms with van der Waals surface area (Å²) >= 11 is 0. The standard InChI is InChI=1S/C19H21NO2/c1-21-18-12-16-8-10-20(14-15-6-4-3-5-7-15)11-9-17(16)13-19(18)22-2/h3-8,10,12-13H,9,11,14H2,1-2H3. The zero-order chi connectivity index (χ0) is 15.4. The molecule has 0 amide bonds. The summed E-state index contributed by atoms with van der Waals surface area (Å²) in [6.45, 7) is 1.92. The second-order valence-corrected chi connectivity index (χ2v) is 5.43. The summed E-state index contributed by atoms with van der Waals surface area (Å²) in [6, 6.07) is 14.7. The zero-order valence-electron chi connectivity index (χ0n) is 13.1. The molecule has 0 radical (unpaired) electrons. The van der Waals surface area contributed by atoms with Gasteiger partial charge in [-0.3, -0.25) is 0 Å². The largest absolute Gasteiger partial charge is 0.493 e. The number of rotatable bonds is 4. The van der Waals surface area contributed by atoms with Crippen LogP contribution in [0.2, 0.25) is 0 Å². The Balaban J connectivity index is 1.81. The van der Waals surface area contributed by atoms with E-state index in [1.807, 2.05) is 0 Å². The maximum Gasteiger partial charge on any atom is 0.161 e. The first-order chi connectivity index (χ1) is 10.8. The molecule has 0 fully saturated rings. The van der Waals surface area contributed by atoms with Crippen LogP contribution in [0.4, 0.5) is 0 Å². The Morgan fingerprint density at radius 1 is 1.00 bits per heavy atom. The molecule has 114 valence electrons. The third-order valence-corrected chi connectivity index (χ3v) is 4.01. The predicted octanol–water partition coefficient (Wildman–Crippen LogP) is 3.73.